The van der Waals surface area contributed by atoms with Gasteiger partial charge in [-0.2, -0.15) is 4.99 Å². The first kappa shape index (κ1) is 8.28. The molecule has 0 rings (SSSR count). The summed E-state index contributed by atoms with van der Waals surface area (Å²) in [5, 5.41) is 2.19. The van der Waals surface area contributed by atoms with Gasteiger partial charge in [0, 0.05) is 7.11 Å². The molecule has 0 aromatic heterocycles. The summed E-state index contributed by atoms with van der Waals surface area (Å²) in [5.41, 5.74) is 3.13. The summed E-state index contributed by atoms with van der Waals surface area (Å²) >= 11 is 4.35. The molecule has 0 aliphatic carbocycles. The number of rotatable bonds is 3. The number of ether oxygens (including phenoxy) is 1. The SMILES string of the molecule is C=C=C(COC)N=C=S. The standard InChI is InChI=1S/C6H7NOS/c1-3-6(4-8-2)7-5-9/h1,4H2,2H3. The van der Waals surface area contributed by atoms with Crippen molar-refractivity contribution in [2.45, 2.75) is 0 Å². The Morgan fingerprint density at radius 2 is 2.56 bits per heavy atom. The van der Waals surface area contributed by atoms with Gasteiger partial charge in [0.25, 0.3) is 0 Å². The summed E-state index contributed by atoms with van der Waals surface area (Å²) in [7, 11) is 1.57. The number of thiocarbonyl (C=S) groups is 1. The highest BCUT2D eigenvalue weighted by Gasteiger charge is 1.86. The largest absolute Gasteiger partial charge is 0.378 e. The lowest BCUT2D eigenvalue weighted by Gasteiger charge is -1.90. The molecule has 48 valence electrons. The van der Waals surface area contributed by atoms with Gasteiger partial charge in [-0.15, -0.1) is 5.73 Å². The van der Waals surface area contributed by atoms with E-state index in [0.29, 0.717) is 12.3 Å². The predicted molar refractivity (Wildman–Crippen MR) is 39.6 cm³/mol. The fourth-order valence-corrected chi connectivity index (χ4v) is 0.425. The van der Waals surface area contributed by atoms with E-state index in [2.05, 4.69) is 34.7 Å². The van der Waals surface area contributed by atoms with Gasteiger partial charge in [0.05, 0.1) is 11.8 Å². The van der Waals surface area contributed by atoms with Crippen molar-refractivity contribution in [3.05, 3.63) is 18.0 Å². The van der Waals surface area contributed by atoms with Gasteiger partial charge in [0.15, 0.2) is 0 Å². The van der Waals surface area contributed by atoms with E-state index in [4.69, 9.17) is 4.74 Å². The first-order chi connectivity index (χ1) is 4.35. The fourth-order valence-electron chi connectivity index (χ4n) is 0.315. The third-order valence-corrected chi connectivity index (χ3v) is 0.757. The Morgan fingerprint density at radius 1 is 1.89 bits per heavy atom. The molecule has 0 heterocycles. The molecule has 0 aromatic rings. The minimum absolute atomic E-state index is 0.382. The van der Waals surface area contributed by atoms with Crippen LogP contribution >= 0.6 is 12.2 Å². The van der Waals surface area contributed by atoms with E-state index in [-0.39, 0.29) is 0 Å². The van der Waals surface area contributed by atoms with Gasteiger partial charge in [0.2, 0.25) is 0 Å². The van der Waals surface area contributed by atoms with Crippen molar-refractivity contribution in [3.8, 4) is 0 Å². The predicted octanol–water partition coefficient (Wildman–Crippen LogP) is 1.40. The summed E-state index contributed by atoms with van der Waals surface area (Å²) in [6, 6.07) is 0. The molecule has 0 aromatic carbocycles. The van der Waals surface area contributed by atoms with Gasteiger partial charge >= 0.3 is 0 Å². The molecular formula is C6H7NOS. The summed E-state index contributed by atoms with van der Waals surface area (Å²) < 4.78 is 4.73. The number of hydrogen-bond donors (Lipinski definition) is 0. The van der Waals surface area contributed by atoms with E-state index in [0.717, 1.165) is 0 Å². The molecule has 0 spiro atoms. The summed E-state index contributed by atoms with van der Waals surface area (Å²) in [4.78, 5) is 3.62. The molecule has 0 fully saturated rings. The highest BCUT2D eigenvalue weighted by atomic mass is 32.1. The van der Waals surface area contributed by atoms with Crippen molar-refractivity contribution in [3.63, 3.8) is 0 Å². The van der Waals surface area contributed by atoms with E-state index in [1.807, 2.05) is 0 Å². The van der Waals surface area contributed by atoms with Crippen molar-refractivity contribution in [1.82, 2.24) is 0 Å². The minimum Gasteiger partial charge on any atom is -0.378 e. The zero-order valence-corrected chi connectivity index (χ0v) is 5.99. The van der Waals surface area contributed by atoms with Crippen LogP contribution in [0.4, 0.5) is 0 Å². The van der Waals surface area contributed by atoms with Crippen LogP contribution in [0.25, 0.3) is 0 Å². The molecule has 0 bridgehead atoms. The molecule has 0 aliphatic heterocycles. The molecule has 0 saturated heterocycles. The third kappa shape index (κ3) is 3.83. The second-order valence-corrected chi connectivity index (χ2v) is 1.44. The number of aliphatic imine (C=N–C) groups is 1. The lowest BCUT2D eigenvalue weighted by atomic mass is 10.5. The number of nitrogens with zero attached hydrogens (tertiary/aromatic N) is 1. The first-order valence-corrected chi connectivity index (χ1v) is 2.71. The molecule has 0 saturated carbocycles. The number of hydrogen-bond acceptors (Lipinski definition) is 3. The topological polar surface area (TPSA) is 21.6 Å². The van der Waals surface area contributed by atoms with Crippen molar-refractivity contribution >= 4 is 17.4 Å². The van der Waals surface area contributed by atoms with E-state index < -0.39 is 0 Å². The maximum absolute atomic E-state index is 4.73. The van der Waals surface area contributed by atoms with Gasteiger partial charge in [-0.1, -0.05) is 6.58 Å². The highest BCUT2D eigenvalue weighted by molar-refractivity contribution is 7.78. The molecule has 0 aliphatic rings. The number of methoxy groups -OCH3 is 1. The molecule has 9 heavy (non-hydrogen) atoms. The van der Waals surface area contributed by atoms with Crippen LogP contribution in [0.2, 0.25) is 0 Å². The Kier molecular flexibility index (Phi) is 4.98. The molecule has 0 radical (unpaired) electrons. The Balaban J connectivity index is 4.01. The average Bonchev–Trinajstić information content (AvgIpc) is 1.88. The lowest BCUT2D eigenvalue weighted by molar-refractivity contribution is 0.225. The second kappa shape index (κ2) is 5.42. The van der Waals surface area contributed by atoms with Crippen molar-refractivity contribution in [2.75, 3.05) is 13.7 Å². The maximum atomic E-state index is 4.73. The van der Waals surface area contributed by atoms with Crippen molar-refractivity contribution in [1.29, 1.82) is 0 Å². The van der Waals surface area contributed by atoms with Crippen LogP contribution in [0.3, 0.4) is 0 Å². The van der Waals surface area contributed by atoms with Crippen LogP contribution in [0, 0.1) is 0 Å². The lowest BCUT2D eigenvalue weighted by Crippen LogP contribution is -1.88. The molecule has 0 N–H and O–H groups in total. The van der Waals surface area contributed by atoms with Gasteiger partial charge in [-0.3, -0.25) is 0 Å². The van der Waals surface area contributed by atoms with Crippen molar-refractivity contribution in [2.24, 2.45) is 4.99 Å². The van der Waals surface area contributed by atoms with E-state index in [9.17, 15) is 0 Å². The molecule has 0 atom stereocenters. The zero-order chi connectivity index (χ0) is 7.11. The molecule has 0 amide bonds. The molecular weight excluding hydrogens is 134 g/mol. The second-order valence-electron chi connectivity index (χ2n) is 1.26. The Labute approximate surface area is 59.6 Å². The third-order valence-electron chi connectivity index (χ3n) is 0.666. The molecule has 0 unspecified atom stereocenters. The highest BCUT2D eigenvalue weighted by Crippen LogP contribution is 1.90. The van der Waals surface area contributed by atoms with E-state index in [1.54, 1.807) is 7.11 Å². The Hall–Kier alpha value is -0.720. The van der Waals surface area contributed by atoms with Crippen LogP contribution in [-0.2, 0) is 4.74 Å². The van der Waals surface area contributed by atoms with Crippen LogP contribution in [0.1, 0.15) is 0 Å². The summed E-state index contributed by atoms with van der Waals surface area (Å²) in [6.07, 6.45) is 0. The Morgan fingerprint density at radius 3 is 2.89 bits per heavy atom. The minimum atomic E-state index is 0.382. The average molecular weight is 141 g/mol. The normalized spacial score (nSPS) is 7.22. The summed E-state index contributed by atoms with van der Waals surface area (Å²) in [6.45, 7) is 3.76. The van der Waals surface area contributed by atoms with Crippen molar-refractivity contribution < 1.29 is 4.74 Å². The maximum Gasteiger partial charge on any atom is 0.118 e. The van der Waals surface area contributed by atoms with Gasteiger partial charge in [-0.05, 0) is 12.2 Å². The van der Waals surface area contributed by atoms with Gasteiger partial charge in [-0.25, -0.2) is 0 Å². The summed E-state index contributed by atoms with van der Waals surface area (Å²) in [5.74, 6) is 0. The van der Waals surface area contributed by atoms with Crippen LogP contribution in [-0.4, -0.2) is 18.9 Å². The number of isothiocyanates is 1. The van der Waals surface area contributed by atoms with E-state index in [1.165, 1.54) is 0 Å². The first-order valence-electron chi connectivity index (χ1n) is 2.31. The Bertz CT molecular complexity index is 175. The molecule has 2 nitrogen and oxygen atoms in total. The zero-order valence-electron chi connectivity index (χ0n) is 5.18. The monoisotopic (exact) mass is 141 g/mol. The van der Waals surface area contributed by atoms with E-state index >= 15 is 0 Å². The van der Waals surface area contributed by atoms with Crippen LogP contribution in [0.15, 0.2) is 23.0 Å². The molecule has 3 heteroatoms. The fraction of sp³-hybridized carbons (Fsp3) is 0.333. The van der Waals surface area contributed by atoms with Gasteiger partial charge < -0.3 is 4.74 Å². The van der Waals surface area contributed by atoms with Crippen LogP contribution < -0.4 is 0 Å². The van der Waals surface area contributed by atoms with Gasteiger partial charge in [0.1, 0.15) is 5.70 Å². The smallest absolute Gasteiger partial charge is 0.118 e. The quantitative estimate of drug-likeness (QED) is 0.336. The van der Waals surface area contributed by atoms with Crippen LogP contribution in [0.5, 0.6) is 0 Å².